The Morgan fingerprint density at radius 2 is 1.62 bits per heavy atom. The van der Waals surface area contributed by atoms with Gasteiger partial charge in [-0.2, -0.15) is 35.8 Å². The SMILES string of the molecule is Cc1cc(/C=N/NC(F)(F)C(F)(F)C(F)(F)F)c(C)n1C1CCCCC1. The number of nitrogens with zero attached hydrogens (tertiary/aromatic N) is 2. The molecule has 1 aliphatic rings. The van der Waals surface area contributed by atoms with Crippen molar-refractivity contribution in [2.75, 3.05) is 0 Å². The van der Waals surface area contributed by atoms with Crippen LogP contribution in [0.3, 0.4) is 0 Å². The molecular formula is C16H20F7N3. The van der Waals surface area contributed by atoms with E-state index in [4.69, 9.17) is 0 Å². The number of aryl methyl sites for hydroxylation is 1. The van der Waals surface area contributed by atoms with Crippen LogP contribution in [0.4, 0.5) is 30.7 Å². The highest BCUT2D eigenvalue weighted by molar-refractivity contribution is 5.81. The van der Waals surface area contributed by atoms with Crippen LogP contribution in [0.15, 0.2) is 11.2 Å². The third kappa shape index (κ3) is 3.83. The molecule has 1 aliphatic carbocycles. The highest BCUT2D eigenvalue weighted by Gasteiger charge is 2.73. The van der Waals surface area contributed by atoms with Crippen molar-refractivity contribution in [1.29, 1.82) is 0 Å². The molecule has 0 aliphatic heterocycles. The maximum atomic E-state index is 13.2. The van der Waals surface area contributed by atoms with E-state index in [9.17, 15) is 30.7 Å². The van der Waals surface area contributed by atoms with Crippen molar-refractivity contribution in [2.45, 2.75) is 70.1 Å². The Balaban J connectivity index is 2.16. The van der Waals surface area contributed by atoms with E-state index < -0.39 is 18.1 Å². The zero-order valence-corrected chi connectivity index (χ0v) is 14.3. The lowest BCUT2D eigenvalue weighted by Gasteiger charge is -2.27. The molecule has 1 saturated carbocycles. The van der Waals surface area contributed by atoms with E-state index in [0.717, 1.165) is 44.0 Å². The van der Waals surface area contributed by atoms with Crippen molar-refractivity contribution in [3.05, 3.63) is 23.0 Å². The average molecular weight is 387 g/mol. The van der Waals surface area contributed by atoms with Gasteiger partial charge in [-0.15, -0.1) is 0 Å². The molecule has 0 bridgehead atoms. The maximum absolute atomic E-state index is 13.2. The third-order valence-electron chi connectivity index (χ3n) is 4.62. The molecule has 1 aromatic heterocycles. The van der Waals surface area contributed by atoms with Gasteiger partial charge in [-0.3, -0.25) is 0 Å². The lowest BCUT2D eigenvalue weighted by molar-refractivity contribution is -0.361. The monoisotopic (exact) mass is 387 g/mol. The molecular weight excluding hydrogens is 367 g/mol. The van der Waals surface area contributed by atoms with E-state index in [-0.39, 0.29) is 6.04 Å². The van der Waals surface area contributed by atoms with Gasteiger partial charge < -0.3 is 4.57 Å². The van der Waals surface area contributed by atoms with E-state index in [0.29, 0.717) is 16.7 Å². The number of alkyl halides is 7. The maximum Gasteiger partial charge on any atom is 0.462 e. The highest BCUT2D eigenvalue weighted by Crippen LogP contribution is 2.45. The molecule has 1 aromatic rings. The van der Waals surface area contributed by atoms with Gasteiger partial charge in [0.15, 0.2) is 0 Å². The van der Waals surface area contributed by atoms with E-state index in [1.165, 1.54) is 0 Å². The summed E-state index contributed by atoms with van der Waals surface area (Å²) in [7, 11) is 0. The molecule has 0 saturated heterocycles. The Hall–Kier alpha value is -1.74. The smallest absolute Gasteiger partial charge is 0.345 e. The van der Waals surface area contributed by atoms with Crippen LogP contribution >= 0.6 is 0 Å². The first kappa shape index (κ1) is 20.6. The predicted octanol–water partition coefficient (Wildman–Crippen LogP) is 5.32. The van der Waals surface area contributed by atoms with Crippen LogP contribution in [0.5, 0.6) is 0 Å². The molecule has 1 heterocycles. The molecule has 148 valence electrons. The molecule has 0 spiro atoms. The standard InChI is InChI=1S/C16H20F7N3/c1-10-8-12(11(2)26(10)13-6-4-3-5-7-13)9-24-25-16(22,23)14(17,18)15(19,20)21/h8-9,13,25H,3-7H2,1-2H3/b24-9+. The second kappa shape index (κ2) is 7.11. The van der Waals surface area contributed by atoms with Gasteiger partial charge >= 0.3 is 18.1 Å². The summed E-state index contributed by atoms with van der Waals surface area (Å²) < 4.78 is 90.2. The zero-order chi connectivity index (χ0) is 19.8. The van der Waals surface area contributed by atoms with Crippen molar-refractivity contribution in [1.82, 2.24) is 9.99 Å². The summed E-state index contributed by atoms with van der Waals surface area (Å²) in [6.45, 7) is 3.55. The van der Waals surface area contributed by atoms with Crippen LogP contribution in [0.1, 0.15) is 55.1 Å². The van der Waals surface area contributed by atoms with Crippen LogP contribution in [0.25, 0.3) is 0 Å². The molecule has 3 nitrogen and oxygen atoms in total. The van der Waals surface area contributed by atoms with Gasteiger partial charge in [0.05, 0.1) is 6.21 Å². The summed E-state index contributed by atoms with van der Waals surface area (Å²) in [6.07, 6.45) is -0.312. The van der Waals surface area contributed by atoms with Gasteiger partial charge in [0.1, 0.15) is 0 Å². The molecule has 1 fully saturated rings. The minimum atomic E-state index is -6.39. The first-order valence-electron chi connectivity index (χ1n) is 8.19. The van der Waals surface area contributed by atoms with E-state index >= 15 is 0 Å². The first-order chi connectivity index (χ1) is 11.9. The topological polar surface area (TPSA) is 29.3 Å². The van der Waals surface area contributed by atoms with Crippen molar-refractivity contribution in [2.24, 2.45) is 5.10 Å². The molecule has 10 heteroatoms. The molecule has 0 amide bonds. The van der Waals surface area contributed by atoms with Gasteiger partial charge in [0, 0.05) is 23.0 Å². The fraction of sp³-hybridized carbons (Fsp3) is 0.688. The number of aromatic nitrogens is 1. The summed E-state index contributed by atoms with van der Waals surface area (Å²) >= 11 is 0. The first-order valence-corrected chi connectivity index (χ1v) is 8.19. The van der Waals surface area contributed by atoms with Gasteiger partial charge in [-0.05, 0) is 32.8 Å². The van der Waals surface area contributed by atoms with Crippen molar-refractivity contribution >= 4 is 6.21 Å². The summed E-state index contributed by atoms with van der Waals surface area (Å²) in [4.78, 5) is 0. The molecule has 0 radical (unpaired) electrons. The van der Waals surface area contributed by atoms with Gasteiger partial charge in [0.25, 0.3) is 0 Å². The van der Waals surface area contributed by atoms with Gasteiger partial charge in [-0.25, -0.2) is 5.43 Å². The molecule has 0 aromatic carbocycles. The Morgan fingerprint density at radius 3 is 2.15 bits per heavy atom. The summed E-state index contributed by atoms with van der Waals surface area (Å²) in [6, 6.07) is -3.67. The van der Waals surface area contributed by atoms with E-state index in [2.05, 4.69) is 5.10 Å². The lowest BCUT2D eigenvalue weighted by atomic mass is 9.95. The molecule has 0 unspecified atom stereocenters. The molecule has 26 heavy (non-hydrogen) atoms. The Kier molecular flexibility index (Phi) is 5.63. The number of hydrazone groups is 1. The average Bonchev–Trinajstić information content (AvgIpc) is 2.81. The number of hydrogen-bond donors (Lipinski definition) is 1. The summed E-state index contributed by atoms with van der Waals surface area (Å²) in [5.41, 5.74) is 2.58. The minimum absolute atomic E-state index is 0.259. The second-order valence-electron chi connectivity index (χ2n) is 6.50. The van der Waals surface area contributed by atoms with Crippen molar-refractivity contribution in [3.8, 4) is 0 Å². The van der Waals surface area contributed by atoms with Crippen molar-refractivity contribution < 1.29 is 30.7 Å². The molecule has 1 N–H and O–H groups in total. The van der Waals surface area contributed by atoms with Crippen LogP contribution in [-0.4, -0.2) is 28.9 Å². The number of hydrogen-bond acceptors (Lipinski definition) is 2. The highest BCUT2D eigenvalue weighted by atomic mass is 19.4. The third-order valence-corrected chi connectivity index (χ3v) is 4.62. The lowest BCUT2D eigenvalue weighted by Crippen LogP contribution is -2.58. The van der Waals surface area contributed by atoms with Crippen molar-refractivity contribution in [3.63, 3.8) is 0 Å². The Morgan fingerprint density at radius 1 is 1.04 bits per heavy atom. The van der Waals surface area contributed by atoms with Gasteiger partial charge in [-0.1, -0.05) is 19.3 Å². The van der Waals surface area contributed by atoms with Gasteiger partial charge in [0.2, 0.25) is 0 Å². The van der Waals surface area contributed by atoms with E-state index in [1.807, 2.05) is 11.5 Å². The van der Waals surface area contributed by atoms with Crippen LogP contribution in [-0.2, 0) is 0 Å². The quantitative estimate of drug-likeness (QED) is 0.315. The largest absolute Gasteiger partial charge is 0.462 e. The fourth-order valence-corrected chi connectivity index (χ4v) is 3.27. The number of rotatable bonds is 5. The summed E-state index contributed by atoms with van der Waals surface area (Å²) in [5.74, 6) is -6.24. The predicted molar refractivity (Wildman–Crippen MR) is 82.7 cm³/mol. The number of halogens is 7. The van der Waals surface area contributed by atoms with E-state index in [1.54, 1.807) is 13.0 Å². The van der Waals surface area contributed by atoms with Crippen LogP contribution in [0.2, 0.25) is 0 Å². The normalized spacial score (nSPS) is 17.9. The fourth-order valence-electron chi connectivity index (χ4n) is 3.27. The van der Waals surface area contributed by atoms with Crippen LogP contribution < -0.4 is 5.43 Å². The second-order valence-corrected chi connectivity index (χ2v) is 6.50. The molecule has 0 atom stereocenters. The number of nitrogens with one attached hydrogen (secondary N) is 1. The summed E-state index contributed by atoms with van der Waals surface area (Å²) in [5, 5.41) is 2.94. The zero-order valence-electron chi connectivity index (χ0n) is 14.3. The molecule has 2 rings (SSSR count). The Labute approximate surface area is 146 Å². The van der Waals surface area contributed by atoms with Crippen LogP contribution in [0, 0.1) is 13.8 Å². The Bertz CT molecular complexity index is 656. The minimum Gasteiger partial charge on any atom is -0.345 e.